The van der Waals surface area contributed by atoms with Crippen molar-refractivity contribution in [3.8, 4) is 5.75 Å². The van der Waals surface area contributed by atoms with E-state index in [1.54, 1.807) is 25.3 Å². The number of methoxy groups -OCH3 is 1. The minimum absolute atomic E-state index is 0.185. The van der Waals surface area contributed by atoms with Gasteiger partial charge in [0.2, 0.25) is 0 Å². The Hall–Kier alpha value is -4.04. The van der Waals surface area contributed by atoms with E-state index in [9.17, 15) is 9.59 Å². The molecule has 3 aromatic carbocycles. The zero-order chi connectivity index (χ0) is 26.0. The molecular formula is C29H34N4O4. The third-order valence-corrected chi connectivity index (χ3v) is 6.22. The molecule has 194 valence electrons. The van der Waals surface area contributed by atoms with Gasteiger partial charge in [0.1, 0.15) is 5.75 Å². The number of para-hydroxylation sites is 2. The number of fused-ring (bicyclic) bond motifs is 1. The van der Waals surface area contributed by atoms with E-state index in [0.717, 1.165) is 25.2 Å². The Morgan fingerprint density at radius 3 is 2.57 bits per heavy atom. The van der Waals surface area contributed by atoms with Crippen molar-refractivity contribution in [2.45, 2.75) is 26.3 Å². The van der Waals surface area contributed by atoms with Crippen LogP contribution in [0.4, 0.5) is 21.9 Å². The van der Waals surface area contributed by atoms with E-state index in [-0.39, 0.29) is 5.91 Å². The molecule has 8 nitrogen and oxygen atoms in total. The van der Waals surface area contributed by atoms with Crippen LogP contribution in [0.1, 0.15) is 34.8 Å². The van der Waals surface area contributed by atoms with Crippen molar-refractivity contribution in [3.63, 3.8) is 0 Å². The molecule has 0 fully saturated rings. The fourth-order valence-corrected chi connectivity index (χ4v) is 4.42. The molecule has 4 rings (SSSR count). The van der Waals surface area contributed by atoms with E-state index in [0.29, 0.717) is 48.9 Å². The van der Waals surface area contributed by atoms with Gasteiger partial charge in [-0.3, -0.25) is 4.79 Å². The third-order valence-electron chi connectivity index (χ3n) is 6.22. The normalized spacial score (nSPS) is 12.4. The first-order chi connectivity index (χ1) is 18.1. The van der Waals surface area contributed by atoms with Crippen LogP contribution in [0, 0.1) is 0 Å². The van der Waals surface area contributed by atoms with Crippen LogP contribution in [0.3, 0.4) is 0 Å². The first kappa shape index (κ1) is 26.0. The number of urea groups is 1. The summed E-state index contributed by atoms with van der Waals surface area (Å²) in [5, 5.41) is 8.67. The average Bonchev–Trinajstić information content (AvgIpc) is 2.92. The van der Waals surface area contributed by atoms with E-state index in [1.807, 2.05) is 37.3 Å². The molecule has 1 aliphatic heterocycles. The van der Waals surface area contributed by atoms with Crippen molar-refractivity contribution in [2.24, 2.45) is 0 Å². The van der Waals surface area contributed by atoms with Crippen molar-refractivity contribution in [1.82, 2.24) is 5.32 Å². The lowest BCUT2D eigenvalue weighted by Gasteiger charge is -2.32. The molecule has 0 aliphatic carbocycles. The van der Waals surface area contributed by atoms with E-state index < -0.39 is 6.03 Å². The lowest BCUT2D eigenvalue weighted by atomic mass is 9.98. The highest BCUT2D eigenvalue weighted by Crippen LogP contribution is 2.30. The van der Waals surface area contributed by atoms with Gasteiger partial charge < -0.3 is 30.3 Å². The Balaban J connectivity index is 1.54. The minimum atomic E-state index is -0.418. The summed E-state index contributed by atoms with van der Waals surface area (Å²) in [5.41, 5.74) is 5.05. The monoisotopic (exact) mass is 502 g/mol. The number of hydrogen-bond acceptors (Lipinski definition) is 5. The lowest BCUT2D eigenvalue weighted by molar-refractivity contribution is 0.0949. The zero-order valence-electron chi connectivity index (χ0n) is 21.4. The standard InChI is InChI=1S/C29H34N4O4/c1-3-37-27-12-7-6-11-25(27)32-29(35)31-23-13-14-26(24(19-23)28(34)30-16-8-18-36-2)33-17-15-21-9-4-5-10-22(21)20-33/h4-7,9-14,19H,3,8,15-18,20H2,1-2H3,(H,30,34)(H2,31,32,35). The summed E-state index contributed by atoms with van der Waals surface area (Å²) >= 11 is 0. The molecule has 0 unspecified atom stereocenters. The second-order valence-corrected chi connectivity index (χ2v) is 8.78. The summed E-state index contributed by atoms with van der Waals surface area (Å²) in [5.74, 6) is 0.410. The van der Waals surface area contributed by atoms with Gasteiger partial charge in [0.15, 0.2) is 0 Å². The predicted octanol–water partition coefficient (Wildman–Crippen LogP) is 5.06. The Labute approximate surface area is 218 Å². The van der Waals surface area contributed by atoms with Crippen LogP contribution in [-0.2, 0) is 17.7 Å². The van der Waals surface area contributed by atoms with Crippen molar-refractivity contribution >= 4 is 29.0 Å². The largest absolute Gasteiger partial charge is 0.492 e. The SMILES string of the molecule is CCOc1ccccc1NC(=O)Nc1ccc(N2CCc3ccccc3C2)c(C(=O)NCCCOC)c1. The van der Waals surface area contributed by atoms with Gasteiger partial charge >= 0.3 is 6.03 Å². The highest BCUT2D eigenvalue weighted by atomic mass is 16.5. The highest BCUT2D eigenvalue weighted by Gasteiger charge is 2.22. The van der Waals surface area contributed by atoms with Gasteiger partial charge in [0.25, 0.3) is 5.91 Å². The van der Waals surface area contributed by atoms with Crippen molar-refractivity contribution < 1.29 is 19.1 Å². The number of nitrogens with zero attached hydrogens (tertiary/aromatic N) is 1. The minimum Gasteiger partial charge on any atom is -0.492 e. The number of rotatable bonds is 10. The number of benzene rings is 3. The number of carbonyl (C=O) groups excluding carboxylic acids is 2. The molecule has 0 bridgehead atoms. The Morgan fingerprint density at radius 2 is 1.76 bits per heavy atom. The second kappa shape index (κ2) is 12.8. The van der Waals surface area contributed by atoms with Crippen LogP contribution in [0.15, 0.2) is 66.7 Å². The topological polar surface area (TPSA) is 91.9 Å². The van der Waals surface area contributed by atoms with Gasteiger partial charge in [-0.1, -0.05) is 36.4 Å². The molecule has 3 aromatic rings. The molecule has 37 heavy (non-hydrogen) atoms. The highest BCUT2D eigenvalue weighted by molar-refractivity contribution is 6.04. The number of anilines is 3. The maximum absolute atomic E-state index is 13.2. The smallest absolute Gasteiger partial charge is 0.323 e. The Bertz CT molecular complexity index is 1230. The molecular weight excluding hydrogens is 468 g/mol. The van der Waals surface area contributed by atoms with Crippen LogP contribution in [0.5, 0.6) is 5.75 Å². The molecule has 0 radical (unpaired) electrons. The first-order valence-electron chi connectivity index (χ1n) is 12.6. The quantitative estimate of drug-likeness (QED) is 0.337. The first-order valence-corrected chi connectivity index (χ1v) is 12.6. The van der Waals surface area contributed by atoms with E-state index >= 15 is 0 Å². The van der Waals surface area contributed by atoms with Crippen LogP contribution in [-0.4, -0.2) is 45.4 Å². The van der Waals surface area contributed by atoms with Crippen LogP contribution >= 0.6 is 0 Å². The van der Waals surface area contributed by atoms with Gasteiger partial charge in [-0.15, -0.1) is 0 Å². The summed E-state index contributed by atoms with van der Waals surface area (Å²) in [6.07, 6.45) is 1.63. The van der Waals surface area contributed by atoms with Gasteiger partial charge in [-0.05, 0) is 61.2 Å². The second-order valence-electron chi connectivity index (χ2n) is 8.78. The summed E-state index contributed by atoms with van der Waals surface area (Å²) in [6, 6.07) is 20.7. The fraction of sp³-hybridized carbons (Fsp3) is 0.310. The molecule has 0 saturated heterocycles. The molecule has 1 aliphatic rings. The summed E-state index contributed by atoms with van der Waals surface area (Å²) in [4.78, 5) is 28.2. The summed E-state index contributed by atoms with van der Waals surface area (Å²) < 4.78 is 10.7. The van der Waals surface area contributed by atoms with Gasteiger partial charge in [-0.25, -0.2) is 4.79 Å². The van der Waals surface area contributed by atoms with Crippen LogP contribution < -0.4 is 25.6 Å². The Morgan fingerprint density at radius 1 is 0.973 bits per heavy atom. The molecule has 3 N–H and O–H groups in total. The predicted molar refractivity (Wildman–Crippen MR) is 147 cm³/mol. The number of carbonyl (C=O) groups is 2. The number of hydrogen-bond donors (Lipinski definition) is 3. The lowest BCUT2D eigenvalue weighted by Crippen LogP contribution is -2.33. The van der Waals surface area contributed by atoms with Gasteiger partial charge in [-0.2, -0.15) is 0 Å². The van der Waals surface area contributed by atoms with Crippen LogP contribution in [0.2, 0.25) is 0 Å². The van der Waals surface area contributed by atoms with Gasteiger partial charge in [0, 0.05) is 44.7 Å². The van der Waals surface area contributed by atoms with Crippen molar-refractivity contribution in [2.75, 3.05) is 48.9 Å². The molecule has 8 heteroatoms. The molecule has 0 spiro atoms. The number of nitrogens with one attached hydrogen (secondary N) is 3. The molecule has 0 saturated carbocycles. The zero-order valence-corrected chi connectivity index (χ0v) is 21.4. The molecule has 3 amide bonds. The van der Waals surface area contributed by atoms with Gasteiger partial charge in [0.05, 0.1) is 17.9 Å². The van der Waals surface area contributed by atoms with E-state index in [1.165, 1.54) is 11.1 Å². The van der Waals surface area contributed by atoms with Crippen LogP contribution in [0.25, 0.3) is 0 Å². The maximum Gasteiger partial charge on any atom is 0.323 e. The Kier molecular flexibility index (Phi) is 8.99. The van der Waals surface area contributed by atoms with E-state index in [4.69, 9.17) is 9.47 Å². The molecule has 0 atom stereocenters. The molecule has 0 aromatic heterocycles. The number of ether oxygens (including phenoxy) is 2. The fourth-order valence-electron chi connectivity index (χ4n) is 4.42. The van der Waals surface area contributed by atoms with Crippen molar-refractivity contribution in [1.29, 1.82) is 0 Å². The number of amides is 3. The summed E-state index contributed by atoms with van der Waals surface area (Å²) in [6.45, 7) is 4.99. The maximum atomic E-state index is 13.2. The van der Waals surface area contributed by atoms with E-state index in [2.05, 4.69) is 39.0 Å². The van der Waals surface area contributed by atoms with Crippen molar-refractivity contribution in [3.05, 3.63) is 83.4 Å². The summed E-state index contributed by atoms with van der Waals surface area (Å²) in [7, 11) is 1.64. The third kappa shape index (κ3) is 6.80. The average molecular weight is 503 g/mol. The molecule has 1 heterocycles.